The van der Waals surface area contributed by atoms with Gasteiger partial charge in [-0.3, -0.25) is 9.69 Å². The van der Waals surface area contributed by atoms with Crippen molar-refractivity contribution in [2.24, 2.45) is 0 Å². The number of hydrogen-bond acceptors (Lipinski definition) is 3. The van der Waals surface area contributed by atoms with Crippen LogP contribution in [-0.2, 0) is 4.74 Å². The van der Waals surface area contributed by atoms with Crippen molar-refractivity contribution in [2.45, 2.75) is 6.04 Å². The molecule has 1 saturated heterocycles. The summed E-state index contributed by atoms with van der Waals surface area (Å²) in [5.74, 6) is -2.99. The first-order valence-corrected chi connectivity index (χ1v) is 8.35. The van der Waals surface area contributed by atoms with E-state index in [1.165, 1.54) is 18.2 Å². The molecule has 1 fully saturated rings. The molecule has 1 aliphatic rings. The molecule has 0 aliphatic carbocycles. The van der Waals surface area contributed by atoms with E-state index in [0.717, 1.165) is 17.7 Å². The highest BCUT2D eigenvalue weighted by molar-refractivity contribution is 5.94. The summed E-state index contributed by atoms with van der Waals surface area (Å²) in [6.07, 6.45) is 0. The highest BCUT2D eigenvalue weighted by Crippen LogP contribution is 2.22. The van der Waals surface area contributed by atoms with Crippen LogP contribution in [0.15, 0.2) is 42.5 Å². The standard InChI is InChI=1S/C19H19F3N2O2/c20-14-6-4-13(5-7-14)17(24-8-10-26-11-9-24)12-23-19(25)18-15(21)2-1-3-16(18)22/h1-7,17H,8-12H2,(H,23,25)/t17-/m1/s1. The third kappa shape index (κ3) is 4.23. The van der Waals surface area contributed by atoms with Crippen molar-refractivity contribution in [2.75, 3.05) is 32.8 Å². The molecule has 1 amide bonds. The molecule has 4 nitrogen and oxygen atoms in total. The molecule has 2 aromatic carbocycles. The first kappa shape index (κ1) is 18.4. The molecule has 1 aliphatic heterocycles. The lowest BCUT2D eigenvalue weighted by Gasteiger charge is -2.35. The molecule has 0 bridgehead atoms. The Morgan fingerprint density at radius 2 is 1.65 bits per heavy atom. The van der Waals surface area contributed by atoms with Crippen molar-refractivity contribution in [3.05, 3.63) is 71.0 Å². The van der Waals surface area contributed by atoms with E-state index < -0.39 is 23.1 Å². The maximum atomic E-state index is 13.8. The van der Waals surface area contributed by atoms with E-state index in [1.54, 1.807) is 12.1 Å². The third-order valence-electron chi connectivity index (χ3n) is 4.39. The van der Waals surface area contributed by atoms with Gasteiger partial charge >= 0.3 is 0 Å². The van der Waals surface area contributed by atoms with Crippen LogP contribution in [0.4, 0.5) is 13.2 Å². The van der Waals surface area contributed by atoms with E-state index in [4.69, 9.17) is 4.74 Å². The van der Waals surface area contributed by atoms with Crippen molar-refractivity contribution < 1.29 is 22.7 Å². The van der Waals surface area contributed by atoms with Gasteiger partial charge in [-0.1, -0.05) is 18.2 Å². The normalized spacial score (nSPS) is 16.3. The molecule has 2 aromatic rings. The summed E-state index contributed by atoms with van der Waals surface area (Å²) in [5, 5.41) is 2.60. The van der Waals surface area contributed by atoms with Crippen molar-refractivity contribution in [1.29, 1.82) is 0 Å². The molecule has 0 spiro atoms. The van der Waals surface area contributed by atoms with Gasteiger partial charge in [-0.25, -0.2) is 13.2 Å². The molecule has 1 N–H and O–H groups in total. The monoisotopic (exact) mass is 364 g/mol. The number of nitrogens with zero attached hydrogens (tertiary/aromatic N) is 1. The Balaban J connectivity index is 1.77. The van der Waals surface area contributed by atoms with Crippen molar-refractivity contribution in [3.63, 3.8) is 0 Å². The van der Waals surface area contributed by atoms with Crippen molar-refractivity contribution in [3.8, 4) is 0 Å². The second kappa shape index (κ2) is 8.33. The lowest BCUT2D eigenvalue weighted by Crippen LogP contribution is -2.44. The van der Waals surface area contributed by atoms with E-state index in [9.17, 15) is 18.0 Å². The zero-order valence-electron chi connectivity index (χ0n) is 14.1. The topological polar surface area (TPSA) is 41.6 Å². The van der Waals surface area contributed by atoms with E-state index in [0.29, 0.717) is 26.3 Å². The summed E-state index contributed by atoms with van der Waals surface area (Å²) in [7, 11) is 0. The van der Waals surface area contributed by atoms with Crippen LogP contribution in [0.1, 0.15) is 22.0 Å². The number of carbonyl (C=O) groups excluding carboxylic acids is 1. The molecule has 0 radical (unpaired) electrons. The van der Waals surface area contributed by atoms with Gasteiger partial charge in [0.25, 0.3) is 5.91 Å². The van der Waals surface area contributed by atoms with Crippen LogP contribution in [0, 0.1) is 17.5 Å². The van der Waals surface area contributed by atoms with Crippen LogP contribution in [0.5, 0.6) is 0 Å². The fourth-order valence-electron chi connectivity index (χ4n) is 3.02. The molecule has 0 saturated carbocycles. The van der Waals surface area contributed by atoms with Gasteiger partial charge < -0.3 is 10.1 Å². The maximum absolute atomic E-state index is 13.8. The number of carbonyl (C=O) groups is 1. The molecule has 0 unspecified atom stereocenters. The second-order valence-electron chi connectivity index (χ2n) is 6.02. The van der Waals surface area contributed by atoms with E-state index >= 15 is 0 Å². The lowest BCUT2D eigenvalue weighted by molar-refractivity contribution is 0.0162. The number of ether oxygens (including phenoxy) is 1. The predicted octanol–water partition coefficient (Wildman–Crippen LogP) is 2.91. The van der Waals surface area contributed by atoms with Gasteiger partial charge in [-0.05, 0) is 29.8 Å². The Bertz CT molecular complexity index is 742. The Hall–Kier alpha value is -2.38. The number of halogens is 3. The van der Waals surface area contributed by atoms with Gasteiger partial charge in [-0.2, -0.15) is 0 Å². The minimum absolute atomic E-state index is 0.137. The summed E-state index contributed by atoms with van der Waals surface area (Å²) in [6, 6.07) is 9.02. The molecule has 138 valence electrons. The number of rotatable bonds is 5. The van der Waals surface area contributed by atoms with Gasteiger partial charge in [0.15, 0.2) is 0 Å². The van der Waals surface area contributed by atoms with Gasteiger partial charge in [0.05, 0.1) is 19.3 Å². The summed E-state index contributed by atoms with van der Waals surface area (Å²) in [4.78, 5) is 14.4. The van der Waals surface area contributed by atoms with Crippen LogP contribution in [0.25, 0.3) is 0 Å². The number of morpholine rings is 1. The summed E-state index contributed by atoms with van der Waals surface area (Å²) < 4.78 is 46.1. The Kier molecular flexibility index (Phi) is 5.90. The quantitative estimate of drug-likeness (QED) is 0.887. The molecule has 26 heavy (non-hydrogen) atoms. The Morgan fingerprint density at radius 1 is 1.04 bits per heavy atom. The zero-order valence-corrected chi connectivity index (χ0v) is 14.1. The number of amides is 1. The molecule has 0 aromatic heterocycles. The van der Waals surface area contributed by atoms with E-state index in [-0.39, 0.29) is 18.4 Å². The maximum Gasteiger partial charge on any atom is 0.257 e. The zero-order chi connectivity index (χ0) is 18.5. The number of benzene rings is 2. The third-order valence-corrected chi connectivity index (χ3v) is 4.39. The Morgan fingerprint density at radius 3 is 2.27 bits per heavy atom. The summed E-state index contributed by atoms with van der Waals surface area (Å²) in [5.41, 5.74) is 0.204. The molecule has 1 heterocycles. The molecular weight excluding hydrogens is 345 g/mol. The van der Waals surface area contributed by atoms with Crippen LogP contribution in [0.3, 0.4) is 0 Å². The SMILES string of the molecule is O=C(NC[C@H](c1ccc(F)cc1)N1CCOCC1)c1c(F)cccc1F. The molecule has 7 heteroatoms. The van der Waals surface area contributed by atoms with Crippen molar-refractivity contribution >= 4 is 5.91 Å². The first-order chi connectivity index (χ1) is 12.6. The average molecular weight is 364 g/mol. The van der Waals surface area contributed by atoms with Gasteiger partial charge in [0.2, 0.25) is 0 Å². The minimum atomic E-state index is -0.910. The van der Waals surface area contributed by atoms with Crippen LogP contribution in [0.2, 0.25) is 0 Å². The van der Waals surface area contributed by atoms with E-state index in [1.807, 2.05) is 0 Å². The summed E-state index contributed by atoms with van der Waals surface area (Å²) >= 11 is 0. The van der Waals surface area contributed by atoms with Crippen LogP contribution in [-0.4, -0.2) is 43.7 Å². The highest BCUT2D eigenvalue weighted by atomic mass is 19.1. The van der Waals surface area contributed by atoms with Gasteiger partial charge in [0, 0.05) is 19.6 Å². The highest BCUT2D eigenvalue weighted by Gasteiger charge is 2.24. The van der Waals surface area contributed by atoms with Crippen LogP contribution >= 0.6 is 0 Å². The van der Waals surface area contributed by atoms with Crippen molar-refractivity contribution in [1.82, 2.24) is 10.2 Å². The number of hydrogen-bond donors (Lipinski definition) is 1. The molecule has 3 rings (SSSR count). The smallest absolute Gasteiger partial charge is 0.257 e. The van der Waals surface area contributed by atoms with Gasteiger partial charge in [0.1, 0.15) is 23.0 Å². The fraction of sp³-hybridized carbons (Fsp3) is 0.316. The fourth-order valence-corrected chi connectivity index (χ4v) is 3.02. The minimum Gasteiger partial charge on any atom is -0.379 e. The van der Waals surface area contributed by atoms with Crippen LogP contribution < -0.4 is 5.32 Å². The Labute approximate surface area is 149 Å². The predicted molar refractivity (Wildman–Crippen MR) is 90.2 cm³/mol. The average Bonchev–Trinajstić information content (AvgIpc) is 2.64. The van der Waals surface area contributed by atoms with Gasteiger partial charge in [-0.15, -0.1) is 0 Å². The largest absolute Gasteiger partial charge is 0.379 e. The van der Waals surface area contributed by atoms with E-state index in [2.05, 4.69) is 10.2 Å². The molecule has 1 atom stereocenters. The first-order valence-electron chi connectivity index (χ1n) is 8.35. The number of nitrogens with one attached hydrogen (secondary N) is 1. The lowest BCUT2D eigenvalue weighted by atomic mass is 10.0. The summed E-state index contributed by atoms with van der Waals surface area (Å²) in [6.45, 7) is 2.53. The second-order valence-corrected chi connectivity index (χ2v) is 6.02. The molecular formula is C19H19F3N2O2.